The number of carbonyl (C=O) groups is 1. The summed E-state index contributed by atoms with van der Waals surface area (Å²) in [5, 5.41) is 8.92. The first-order valence-electron chi connectivity index (χ1n) is 8.85. The van der Waals surface area contributed by atoms with Crippen molar-refractivity contribution >= 4 is 41.1 Å². The second-order valence-electron chi connectivity index (χ2n) is 6.81. The Morgan fingerprint density at radius 2 is 1.88 bits per heavy atom. The predicted molar refractivity (Wildman–Crippen MR) is 109 cm³/mol. The van der Waals surface area contributed by atoms with Gasteiger partial charge in [0.1, 0.15) is 0 Å². The zero-order valence-electron chi connectivity index (χ0n) is 14.7. The second-order valence-corrected chi connectivity index (χ2v) is 7.89. The van der Waals surface area contributed by atoms with Gasteiger partial charge in [0.05, 0.1) is 0 Å². The van der Waals surface area contributed by atoms with Gasteiger partial charge < -0.3 is 10.0 Å². The van der Waals surface area contributed by atoms with E-state index in [9.17, 15) is 4.79 Å². The Morgan fingerprint density at radius 3 is 2.65 bits per heavy atom. The van der Waals surface area contributed by atoms with Crippen molar-refractivity contribution in [2.75, 3.05) is 20.1 Å². The van der Waals surface area contributed by atoms with E-state index in [1.807, 2.05) is 0 Å². The fourth-order valence-corrected chi connectivity index (χ4v) is 4.80. The van der Waals surface area contributed by atoms with Gasteiger partial charge in [0.2, 0.25) is 0 Å². The largest absolute Gasteiger partial charge is 0.478 e. The Bertz CT molecular complexity index is 939. The van der Waals surface area contributed by atoms with Crippen molar-refractivity contribution in [2.45, 2.75) is 12.8 Å². The summed E-state index contributed by atoms with van der Waals surface area (Å²) in [6.45, 7) is 2.17. The summed E-state index contributed by atoms with van der Waals surface area (Å²) in [6.07, 6.45) is 9.40. The van der Waals surface area contributed by atoms with Crippen LogP contribution in [0.25, 0.3) is 23.8 Å². The van der Waals surface area contributed by atoms with Crippen molar-refractivity contribution < 1.29 is 9.90 Å². The first-order valence-corrected chi connectivity index (χ1v) is 9.67. The maximum Gasteiger partial charge on any atom is 0.328 e. The van der Waals surface area contributed by atoms with Crippen LogP contribution in [-0.4, -0.2) is 36.1 Å². The normalized spacial score (nSPS) is 17.3. The van der Waals surface area contributed by atoms with Gasteiger partial charge in [0.25, 0.3) is 0 Å². The van der Waals surface area contributed by atoms with E-state index in [1.165, 1.54) is 38.8 Å². The van der Waals surface area contributed by atoms with Crippen molar-refractivity contribution in [2.24, 2.45) is 0 Å². The lowest BCUT2D eigenvalue weighted by atomic mass is 9.90. The molecule has 1 saturated heterocycles. The van der Waals surface area contributed by atoms with Crippen LogP contribution in [0.4, 0.5) is 0 Å². The summed E-state index contributed by atoms with van der Waals surface area (Å²) in [5.74, 6) is -0.914. The molecular formula is C22H21NO2S. The maximum absolute atomic E-state index is 10.9. The molecule has 0 atom stereocenters. The van der Waals surface area contributed by atoms with Crippen molar-refractivity contribution in [3.05, 3.63) is 68.4 Å². The number of fused-ring (bicyclic) bond motifs is 2. The van der Waals surface area contributed by atoms with Gasteiger partial charge in [-0.15, -0.1) is 11.3 Å². The van der Waals surface area contributed by atoms with Crippen molar-refractivity contribution in [1.29, 1.82) is 0 Å². The highest BCUT2D eigenvalue weighted by molar-refractivity contribution is 7.14. The molecule has 1 aromatic heterocycles. The van der Waals surface area contributed by atoms with Crippen LogP contribution in [0.1, 0.15) is 39.3 Å². The van der Waals surface area contributed by atoms with Crippen LogP contribution in [0.3, 0.4) is 0 Å². The topological polar surface area (TPSA) is 40.5 Å². The number of hydrogen-bond acceptors (Lipinski definition) is 3. The molecule has 26 heavy (non-hydrogen) atoms. The zero-order chi connectivity index (χ0) is 18.1. The minimum absolute atomic E-state index is 0.914. The van der Waals surface area contributed by atoms with Gasteiger partial charge >= 0.3 is 5.97 Å². The number of hydrogen-bond donors (Lipinski definition) is 1. The Morgan fingerprint density at radius 1 is 1.15 bits per heavy atom. The molecule has 1 aliphatic carbocycles. The molecule has 0 amide bonds. The first-order chi connectivity index (χ1) is 12.6. The molecule has 4 heteroatoms. The van der Waals surface area contributed by atoms with Gasteiger partial charge in [-0.3, -0.25) is 0 Å². The van der Waals surface area contributed by atoms with Crippen molar-refractivity contribution in [3.8, 4) is 0 Å². The number of carboxylic acids is 1. The SMILES string of the molecule is CN1CCC(=C2c3ccccc3C=Cc3cc(C=CC(=O)O)sc32)CC1. The highest BCUT2D eigenvalue weighted by Gasteiger charge is 2.23. The molecule has 4 rings (SSSR count). The molecule has 3 nitrogen and oxygen atoms in total. The molecule has 1 aliphatic heterocycles. The monoisotopic (exact) mass is 363 g/mol. The number of benzene rings is 1. The van der Waals surface area contributed by atoms with E-state index >= 15 is 0 Å². The Hall–Kier alpha value is -2.43. The Labute approximate surface area is 157 Å². The minimum Gasteiger partial charge on any atom is -0.478 e. The third kappa shape index (κ3) is 3.30. The van der Waals surface area contributed by atoms with E-state index in [-0.39, 0.29) is 0 Å². The van der Waals surface area contributed by atoms with Gasteiger partial charge in [-0.25, -0.2) is 4.79 Å². The number of aliphatic carboxylic acids is 1. The summed E-state index contributed by atoms with van der Waals surface area (Å²) in [6, 6.07) is 10.7. The Kier molecular flexibility index (Phi) is 4.62. The summed E-state index contributed by atoms with van der Waals surface area (Å²) >= 11 is 1.68. The highest BCUT2D eigenvalue weighted by Crippen LogP contribution is 2.42. The molecule has 2 aromatic rings. The van der Waals surface area contributed by atoms with Crippen LogP contribution >= 0.6 is 11.3 Å². The molecule has 0 bridgehead atoms. The van der Waals surface area contributed by atoms with Crippen LogP contribution in [-0.2, 0) is 4.79 Å². The number of nitrogens with zero attached hydrogens (tertiary/aromatic N) is 1. The molecule has 0 spiro atoms. The Balaban J connectivity index is 1.88. The van der Waals surface area contributed by atoms with Crippen LogP contribution in [0, 0.1) is 0 Å². The maximum atomic E-state index is 10.9. The number of piperidine rings is 1. The summed E-state index contributed by atoms with van der Waals surface area (Å²) in [4.78, 5) is 15.5. The third-order valence-corrected chi connectivity index (χ3v) is 6.15. The smallest absolute Gasteiger partial charge is 0.328 e. The number of carboxylic acid groups (broad SMARTS) is 1. The number of thiophene rings is 1. The van der Waals surface area contributed by atoms with Gasteiger partial charge in [-0.05, 0) is 54.3 Å². The van der Waals surface area contributed by atoms with Crippen LogP contribution in [0.5, 0.6) is 0 Å². The van der Waals surface area contributed by atoms with E-state index < -0.39 is 5.97 Å². The minimum atomic E-state index is -0.914. The molecule has 132 valence electrons. The molecule has 2 aliphatic rings. The lowest BCUT2D eigenvalue weighted by molar-refractivity contribution is -0.131. The number of likely N-dealkylation sites (tertiary alicyclic amines) is 1. The van der Waals surface area contributed by atoms with Gasteiger partial charge in [-0.1, -0.05) is 42.0 Å². The highest BCUT2D eigenvalue weighted by atomic mass is 32.1. The van der Waals surface area contributed by atoms with E-state index in [0.717, 1.165) is 30.8 Å². The van der Waals surface area contributed by atoms with Crippen LogP contribution in [0.15, 0.2) is 42.0 Å². The number of rotatable bonds is 2. The fraction of sp³-hybridized carbons (Fsp3) is 0.227. The molecule has 1 N–H and O–H groups in total. The summed E-state index contributed by atoms with van der Waals surface area (Å²) in [7, 11) is 2.18. The zero-order valence-corrected chi connectivity index (χ0v) is 15.6. The van der Waals surface area contributed by atoms with Gasteiger partial charge in [0, 0.05) is 28.9 Å². The molecule has 0 unspecified atom stereocenters. The van der Waals surface area contributed by atoms with Crippen LogP contribution in [0.2, 0.25) is 0 Å². The first kappa shape index (κ1) is 17.0. The molecule has 2 heterocycles. The molecule has 1 aromatic carbocycles. The fourth-order valence-electron chi connectivity index (χ4n) is 3.64. The lowest BCUT2D eigenvalue weighted by Gasteiger charge is -2.27. The standard InChI is InChI=1S/C22H21NO2S/c1-23-12-10-16(11-13-23)21-19-5-3-2-4-15(19)6-7-17-14-18(26-22(17)21)8-9-20(24)25/h2-9,14H,10-13H2,1H3,(H,24,25). The van der Waals surface area contributed by atoms with Gasteiger partial charge in [-0.2, -0.15) is 0 Å². The summed E-state index contributed by atoms with van der Waals surface area (Å²) < 4.78 is 0. The van der Waals surface area contributed by atoms with E-state index in [1.54, 1.807) is 17.4 Å². The van der Waals surface area contributed by atoms with Crippen LogP contribution < -0.4 is 0 Å². The predicted octanol–water partition coefficient (Wildman–Crippen LogP) is 4.86. The lowest BCUT2D eigenvalue weighted by Crippen LogP contribution is -2.26. The molecular weight excluding hydrogens is 342 g/mol. The molecule has 0 radical (unpaired) electrons. The molecule has 1 fully saturated rings. The van der Waals surface area contributed by atoms with E-state index in [2.05, 4.69) is 54.4 Å². The van der Waals surface area contributed by atoms with Gasteiger partial charge in [0.15, 0.2) is 0 Å². The van der Waals surface area contributed by atoms with Crippen molar-refractivity contribution in [3.63, 3.8) is 0 Å². The molecule has 0 saturated carbocycles. The average Bonchev–Trinajstić information content (AvgIpc) is 2.97. The average molecular weight is 363 g/mol. The quantitative estimate of drug-likeness (QED) is 0.661. The third-order valence-electron chi connectivity index (χ3n) is 5.01. The summed E-state index contributed by atoms with van der Waals surface area (Å²) in [5.41, 5.74) is 6.58. The van der Waals surface area contributed by atoms with E-state index in [4.69, 9.17) is 5.11 Å². The van der Waals surface area contributed by atoms with E-state index in [0.29, 0.717) is 0 Å². The second kappa shape index (κ2) is 7.06. The van der Waals surface area contributed by atoms with Crippen molar-refractivity contribution in [1.82, 2.24) is 4.90 Å².